The van der Waals surface area contributed by atoms with Crippen molar-refractivity contribution >= 4 is 17.4 Å². The number of aromatic nitrogens is 2. The van der Waals surface area contributed by atoms with E-state index < -0.39 is 5.92 Å². The van der Waals surface area contributed by atoms with Crippen molar-refractivity contribution in [1.29, 1.82) is 0 Å². The monoisotopic (exact) mass is 545 g/mol. The standard InChI is InChI=1S/C36H39N3O2/c1-25-20-21-39-30(22-25)37-32(33(39)38-36(5,6)24-35(2,3)4)28-18-13-19-29(23-28)41-34(40)31(26-14-9-7-10-15-26)27-16-11-8-12-17-27/h7-23,31,38H,24H2,1-6H3. The van der Waals surface area contributed by atoms with Gasteiger partial charge in [-0.3, -0.25) is 9.20 Å². The number of hydrogen-bond acceptors (Lipinski definition) is 4. The predicted octanol–water partition coefficient (Wildman–Crippen LogP) is 8.67. The number of esters is 1. The van der Waals surface area contributed by atoms with Gasteiger partial charge >= 0.3 is 5.97 Å². The van der Waals surface area contributed by atoms with E-state index in [1.165, 1.54) is 0 Å². The van der Waals surface area contributed by atoms with Crippen molar-refractivity contribution in [3.63, 3.8) is 0 Å². The minimum Gasteiger partial charge on any atom is -0.426 e. The third-order valence-electron chi connectivity index (χ3n) is 7.04. The molecule has 0 bridgehead atoms. The molecule has 41 heavy (non-hydrogen) atoms. The van der Waals surface area contributed by atoms with E-state index in [0.717, 1.165) is 45.8 Å². The fourth-order valence-corrected chi connectivity index (χ4v) is 5.80. The highest BCUT2D eigenvalue weighted by Gasteiger charge is 2.29. The Hall–Kier alpha value is -4.38. The average molecular weight is 546 g/mol. The number of aryl methyl sites for hydroxylation is 1. The largest absolute Gasteiger partial charge is 0.426 e. The fraction of sp³-hybridized carbons (Fsp3) is 0.278. The number of carbonyl (C=O) groups is 1. The maximum absolute atomic E-state index is 13.7. The van der Waals surface area contributed by atoms with E-state index in [1.807, 2.05) is 84.9 Å². The minimum absolute atomic E-state index is 0.149. The van der Waals surface area contributed by atoms with E-state index in [0.29, 0.717) is 5.75 Å². The van der Waals surface area contributed by atoms with Gasteiger partial charge in [0.2, 0.25) is 0 Å². The van der Waals surface area contributed by atoms with Gasteiger partial charge in [0, 0.05) is 17.3 Å². The van der Waals surface area contributed by atoms with Crippen LogP contribution in [-0.2, 0) is 4.79 Å². The van der Waals surface area contributed by atoms with Crippen LogP contribution in [-0.4, -0.2) is 20.9 Å². The zero-order valence-electron chi connectivity index (χ0n) is 24.8. The molecule has 0 unspecified atom stereocenters. The van der Waals surface area contributed by atoms with Gasteiger partial charge in [-0.1, -0.05) is 93.6 Å². The molecule has 0 atom stereocenters. The van der Waals surface area contributed by atoms with Crippen molar-refractivity contribution in [3.05, 3.63) is 120 Å². The van der Waals surface area contributed by atoms with E-state index in [-0.39, 0.29) is 16.9 Å². The Balaban J connectivity index is 1.51. The molecule has 3 aromatic carbocycles. The van der Waals surface area contributed by atoms with Gasteiger partial charge in [0.25, 0.3) is 0 Å². The number of anilines is 1. The molecule has 5 nitrogen and oxygen atoms in total. The van der Waals surface area contributed by atoms with Crippen LogP contribution >= 0.6 is 0 Å². The molecular formula is C36H39N3O2. The minimum atomic E-state index is -0.533. The summed E-state index contributed by atoms with van der Waals surface area (Å²) in [4.78, 5) is 18.7. The van der Waals surface area contributed by atoms with Crippen LogP contribution in [0, 0.1) is 12.3 Å². The molecule has 0 radical (unpaired) electrons. The van der Waals surface area contributed by atoms with Gasteiger partial charge in [0.1, 0.15) is 28.8 Å². The number of rotatable bonds is 8. The third-order valence-corrected chi connectivity index (χ3v) is 7.04. The van der Waals surface area contributed by atoms with Crippen molar-refractivity contribution in [2.75, 3.05) is 5.32 Å². The topological polar surface area (TPSA) is 55.6 Å². The third kappa shape index (κ3) is 6.68. The van der Waals surface area contributed by atoms with E-state index in [1.54, 1.807) is 0 Å². The first-order valence-corrected chi connectivity index (χ1v) is 14.2. The molecule has 210 valence electrons. The second-order valence-electron chi connectivity index (χ2n) is 12.7. The van der Waals surface area contributed by atoms with Crippen LogP contribution in [0.4, 0.5) is 5.82 Å². The van der Waals surface area contributed by atoms with Crippen LogP contribution in [0.1, 0.15) is 63.6 Å². The van der Waals surface area contributed by atoms with Gasteiger partial charge in [-0.05, 0) is 73.6 Å². The lowest BCUT2D eigenvalue weighted by Gasteiger charge is -2.34. The SMILES string of the molecule is Cc1ccn2c(NC(C)(C)CC(C)(C)C)c(-c3cccc(OC(=O)C(c4ccccc4)c4ccccc4)c3)nc2c1. The number of ether oxygens (including phenoxy) is 1. The van der Waals surface area contributed by atoms with E-state index in [2.05, 4.69) is 69.6 Å². The molecule has 2 aromatic heterocycles. The van der Waals surface area contributed by atoms with E-state index >= 15 is 0 Å². The maximum atomic E-state index is 13.7. The number of hydrogen-bond donors (Lipinski definition) is 1. The number of nitrogens with one attached hydrogen (secondary N) is 1. The first kappa shape index (κ1) is 28.2. The summed E-state index contributed by atoms with van der Waals surface area (Å²) in [5, 5.41) is 3.80. The van der Waals surface area contributed by atoms with E-state index in [4.69, 9.17) is 9.72 Å². The van der Waals surface area contributed by atoms with E-state index in [9.17, 15) is 4.79 Å². The Morgan fingerprint density at radius 1 is 0.854 bits per heavy atom. The number of benzene rings is 3. The van der Waals surface area contributed by atoms with Gasteiger partial charge in [0.05, 0.1) is 0 Å². The van der Waals surface area contributed by atoms with Crippen LogP contribution in [0.15, 0.2) is 103 Å². The summed E-state index contributed by atoms with van der Waals surface area (Å²) in [6.45, 7) is 13.3. The van der Waals surface area contributed by atoms with Crippen LogP contribution in [0.5, 0.6) is 5.75 Å². The molecule has 5 heteroatoms. The van der Waals surface area contributed by atoms with Crippen LogP contribution in [0.2, 0.25) is 0 Å². The Morgan fingerprint density at radius 2 is 1.49 bits per heavy atom. The average Bonchev–Trinajstić information content (AvgIpc) is 3.25. The summed E-state index contributed by atoms with van der Waals surface area (Å²) < 4.78 is 8.16. The van der Waals surface area contributed by atoms with Crippen LogP contribution in [0.3, 0.4) is 0 Å². The molecule has 0 saturated heterocycles. The molecular weight excluding hydrogens is 506 g/mol. The van der Waals surface area contributed by atoms with Gasteiger partial charge in [-0.2, -0.15) is 0 Å². The fourth-order valence-electron chi connectivity index (χ4n) is 5.80. The summed E-state index contributed by atoms with van der Waals surface area (Å²) in [6, 6.07) is 31.4. The highest BCUT2D eigenvalue weighted by Crippen LogP contribution is 2.36. The second-order valence-corrected chi connectivity index (χ2v) is 12.7. The summed E-state index contributed by atoms with van der Waals surface area (Å²) >= 11 is 0. The van der Waals surface area contributed by atoms with Crippen LogP contribution < -0.4 is 10.1 Å². The lowest BCUT2D eigenvalue weighted by molar-refractivity contribution is -0.135. The Kier molecular flexibility index (Phi) is 7.72. The molecule has 5 aromatic rings. The predicted molar refractivity (Wildman–Crippen MR) is 168 cm³/mol. The number of pyridine rings is 1. The zero-order valence-corrected chi connectivity index (χ0v) is 24.8. The Labute approximate surface area is 243 Å². The molecule has 5 rings (SSSR count). The van der Waals surface area contributed by atoms with Gasteiger partial charge in [-0.15, -0.1) is 0 Å². The number of imidazole rings is 1. The summed E-state index contributed by atoms with van der Waals surface area (Å²) in [5.74, 6) is 0.547. The molecule has 0 aliphatic heterocycles. The Bertz CT molecular complexity index is 1610. The molecule has 0 spiro atoms. The number of fused-ring (bicyclic) bond motifs is 1. The summed E-state index contributed by atoms with van der Waals surface area (Å²) in [5.41, 5.74) is 5.45. The van der Waals surface area contributed by atoms with Crippen LogP contribution in [0.25, 0.3) is 16.9 Å². The lowest BCUT2D eigenvalue weighted by atomic mass is 9.82. The number of carbonyl (C=O) groups excluding carboxylic acids is 1. The molecule has 0 aliphatic rings. The summed E-state index contributed by atoms with van der Waals surface area (Å²) in [7, 11) is 0. The van der Waals surface area contributed by atoms with Crippen molar-refractivity contribution < 1.29 is 9.53 Å². The molecule has 0 saturated carbocycles. The number of nitrogens with zero attached hydrogens (tertiary/aromatic N) is 2. The van der Waals surface area contributed by atoms with Gasteiger partial charge in [0.15, 0.2) is 0 Å². The quantitative estimate of drug-likeness (QED) is 0.157. The normalized spacial score (nSPS) is 12.1. The highest BCUT2D eigenvalue weighted by molar-refractivity contribution is 5.85. The smallest absolute Gasteiger partial charge is 0.323 e. The molecule has 0 amide bonds. The summed E-state index contributed by atoms with van der Waals surface area (Å²) in [6.07, 6.45) is 3.03. The van der Waals surface area contributed by atoms with Crippen molar-refractivity contribution in [2.24, 2.45) is 5.41 Å². The molecule has 1 N–H and O–H groups in total. The van der Waals surface area contributed by atoms with Crippen molar-refractivity contribution in [2.45, 2.75) is 59.4 Å². The first-order chi connectivity index (χ1) is 19.5. The zero-order chi connectivity index (χ0) is 29.2. The molecule has 0 aliphatic carbocycles. The highest BCUT2D eigenvalue weighted by atomic mass is 16.5. The first-order valence-electron chi connectivity index (χ1n) is 14.2. The lowest BCUT2D eigenvalue weighted by Crippen LogP contribution is -2.36. The van der Waals surface area contributed by atoms with Crippen molar-refractivity contribution in [1.82, 2.24) is 9.38 Å². The van der Waals surface area contributed by atoms with Gasteiger partial charge in [-0.25, -0.2) is 4.98 Å². The second kappa shape index (κ2) is 11.2. The Morgan fingerprint density at radius 3 is 2.10 bits per heavy atom. The molecule has 2 heterocycles. The molecule has 0 fully saturated rings. The maximum Gasteiger partial charge on any atom is 0.323 e. The van der Waals surface area contributed by atoms with Crippen molar-refractivity contribution in [3.8, 4) is 17.0 Å². The van der Waals surface area contributed by atoms with Gasteiger partial charge < -0.3 is 10.1 Å².